The van der Waals surface area contributed by atoms with Crippen LogP contribution in [0.1, 0.15) is 36.8 Å². The van der Waals surface area contributed by atoms with Crippen molar-refractivity contribution in [1.29, 1.82) is 0 Å². The minimum Gasteiger partial charge on any atom is -0.343 e. The summed E-state index contributed by atoms with van der Waals surface area (Å²) in [5, 5.41) is 5.24. The summed E-state index contributed by atoms with van der Waals surface area (Å²) in [6.45, 7) is 4.50. The molecule has 0 spiro atoms. The molecule has 1 aliphatic carbocycles. The smallest absolute Gasteiger partial charge is 0.245 e. The molecule has 2 atom stereocenters. The van der Waals surface area contributed by atoms with E-state index in [1.165, 1.54) is 22.6 Å². The van der Waals surface area contributed by atoms with Gasteiger partial charge >= 0.3 is 0 Å². The molecular weight excluding hydrogens is 575 g/mol. The van der Waals surface area contributed by atoms with Crippen LogP contribution in [0.25, 0.3) is 16.5 Å². The zero-order valence-electron chi connectivity index (χ0n) is 21.1. The van der Waals surface area contributed by atoms with E-state index in [2.05, 4.69) is 26.3 Å². The lowest BCUT2D eigenvalue weighted by atomic mass is 9.91. The van der Waals surface area contributed by atoms with E-state index >= 15 is 4.39 Å². The van der Waals surface area contributed by atoms with Crippen LogP contribution in [0.5, 0.6) is 0 Å². The lowest BCUT2D eigenvalue weighted by Crippen LogP contribution is -2.52. The van der Waals surface area contributed by atoms with Gasteiger partial charge in [-0.1, -0.05) is 76.1 Å². The second kappa shape index (κ2) is 11.2. The number of allylic oxidation sites excluding steroid dienone is 2. The molecule has 2 aromatic carbocycles. The molecule has 0 fully saturated rings. The Morgan fingerprint density at radius 3 is 2.58 bits per heavy atom. The van der Waals surface area contributed by atoms with Crippen molar-refractivity contribution in [2.75, 3.05) is 6.54 Å². The summed E-state index contributed by atoms with van der Waals surface area (Å²) >= 11 is 9.72. The Morgan fingerprint density at radius 1 is 1.21 bits per heavy atom. The molecular formula is C28H27BrClFN4O3. The molecule has 4 rings (SSSR count). The number of benzene rings is 2. The third kappa shape index (κ3) is 5.73. The molecule has 198 valence electrons. The summed E-state index contributed by atoms with van der Waals surface area (Å²) in [5.41, 5.74) is 1.73. The summed E-state index contributed by atoms with van der Waals surface area (Å²) in [5.74, 6) is -1.16. The Balaban J connectivity index is 1.49. The number of halogens is 3. The number of ketones is 1. The summed E-state index contributed by atoms with van der Waals surface area (Å²) in [7, 11) is 0. The fraction of sp³-hybridized carbons (Fsp3) is 0.286. The van der Waals surface area contributed by atoms with E-state index in [4.69, 9.17) is 11.6 Å². The highest BCUT2D eigenvalue weighted by atomic mass is 79.9. The lowest BCUT2D eigenvalue weighted by molar-refractivity contribution is -0.138. The van der Waals surface area contributed by atoms with Gasteiger partial charge in [0.05, 0.1) is 12.1 Å². The first kappa shape index (κ1) is 27.7. The van der Waals surface area contributed by atoms with Crippen LogP contribution in [0.3, 0.4) is 0 Å². The largest absolute Gasteiger partial charge is 0.343 e. The van der Waals surface area contributed by atoms with E-state index in [0.29, 0.717) is 16.5 Å². The Morgan fingerprint density at radius 2 is 1.92 bits per heavy atom. The molecule has 0 bridgehead atoms. The lowest BCUT2D eigenvalue weighted by Gasteiger charge is -2.33. The predicted octanol–water partition coefficient (Wildman–Crippen LogP) is 5.28. The molecule has 1 heterocycles. The van der Waals surface area contributed by atoms with E-state index in [1.54, 1.807) is 68.5 Å². The fourth-order valence-electron chi connectivity index (χ4n) is 4.39. The molecule has 10 heteroatoms. The van der Waals surface area contributed by atoms with Gasteiger partial charge in [-0.05, 0) is 37.6 Å². The van der Waals surface area contributed by atoms with Gasteiger partial charge in [0.15, 0.2) is 5.78 Å². The maximum absolute atomic E-state index is 15.7. The van der Waals surface area contributed by atoms with E-state index in [9.17, 15) is 14.4 Å². The first-order chi connectivity index (χ1) is 18.0. The SMILES string of the molecule is CC(=O)c1nn(CC(=O)N(CC(=O)NC2C=CC=C(c3ccccc3)C2(F)Cl)C(C)C)c2ccc(Br)cc12. The maximum atomic E-state index is 15.7. The van der Waals surface area contributed by atoms with Gasteiger partial charge in [-0.3, -0.25) is 19.1 Å². The maximum Gasteiger partial charge on any atom is 0.245 e. The Bertz CT molecular complexity index is 1450. The van der Waals surface area contributed by atoms with Crippen LogP contribution in [-0.2, 0) is 16.1 Å². The molecule has 2 amide bonds. The van der Waals surface area contributed by atoms with Crippen LogP contribution in [0.15, 0.2) is 71.2 Å². The van der Waals surface area contributed by atoms with Crippen molar-refractivity contribution in [1.82, 2.24) is 20.0 Å². The molecule has 0 aliphatic heterocycles. The van der Waals surface area contributed by atoms with Crippen molar-refractivity contribution >= 4 is 61.6 Å². The van der Waals surface area contributed by atoms with Crippen molar-refractivity contribution in [2.45, 2.75) is 44.5 Å². The number of carbonyl (C=O) groups excluding carboxylic acids is 3. The fourth-order valence-corrected chi connectivity index (χ4v) is 5.05. The van der Waals surface area contributed by atoms with Gasteiger partial charge < -0.3 is 10.2 Å². The van der Waals surface area contributed by atoms with Gasteiger partial charge in [0.2, 0.25) is 16.9 Å². The van der Waals surface area contributed by atoms with Crippen LogP contribution in [0.4, 0.5) is 4.39 Å². The minimum atomic E-state index is -2.37. The number of alkyl halides is 2. The summed E-state index contributed by atoms with van der Waals surface area (Å²) in [4.78, 5) is 39.8. The van der Waals surface area contributed by atoms with E-state index < -0.39 is 17.1 Å². The van der Waals surface area contributed by atoms with Crippen molar-refractivity contribution < 1.29 is 18.8 Å². The molecule has 0 radical (unpaired) electrons. The number of carbonyl (C=O) groups is 3. The summed E-state index contributed by atoms with van der Waals surface area (Å²) in [6, 6.07) is 12.8. The second-order valence-electron chi connectivity index (χ2n) is 9.34. The van der Waals surface area contributed by atoms with Gasteiger partial charge in [0, 0.05) is 28.4 Å². The molecule has 7 nitrogen and oxygen atoms in total. The number of nitrogens with one attached hydrogen (secondary N) is 1. The third-order valence-corrected chi connectivity index (χ3v) is 7.24. The number of fused-ring (bicyclic) bond motifs is 1. The average Bonchev–Trinajstić information content (AvgIpc) is 3.21. The minimum absolute atomic E-state index is 0.177. The number of nitrogens with zero attached hydrogens (tertiary/aromatic N) is 3. The molecule has 1 aromatic heterocycles. The average molecular weight is 602 g/mol. The molecule has 1 N–H and O–H groups in total. The predicted molar refractivity (Wildman–Crippen MR) is 149 cm³/mol. The number of Topliss-reactive ketones (excluding diaryl/α,β-unsaturated/α-hetero) is 1. The topological polar surface area (TPSA) is 84.3 Å². The van der Waals surface area contributed by atoms with Crippen LogP contribution in [-0.4, -0.2) is 56.0 Å². The van der Waals surface area contributed by atoms with Gasteiger partial charge in [0.1, 0.15) is 18.3 Å². The standard InChI is InChI=1S/C28H27BrClFN4O3/c1-17(2)34(26(38)16-35-23-13-12-20(29)14-21(23)27(33-35)18(3)36)15-25(37)32-24-11-7-10-22(28(24,30)31)19-8-5-4-6-9-19/h4-14,17,24H,15-16H2,1-3H3,(H,32,37). The third-order valence-electron chi connectivity index (χ3n) is 6.31. The number of hydrogen-bond acceptors (Lipinski definition) is 4. The van der Waals surface area contributed by atoms with Crippen molar-refractivity contribution in [3.05, 3.63) is 82.5 Å². The van der Waals surface area contributed by atoms with Gasteiger partial charge in [-0.2, -0.15) is 5.10 Å². The van der Waals surface area contributed by atoms with E-state index in [-0.39, 0.29) is 42.1 Å². The Hall–Kier alpha value is -3.30. The Labute approximate surface area is 233 Å². The highest BCUT2D eigenvalue weighted by Gasteiger charge is 2.42. The highest BCUT2D eigenvalue weighted by molar-refractivity contribution is 9.10. The van der Waals surface area contributed by atoms with Crippen LogP contribution >= 0.6 is 27.5 Å². The van der Waals surface area contributed by atoms with Crippen LogP contribution < -0.4 is 5.32 Å². The first-order valence-electron chi connectivity index (χ1n) is 12.1. The zero-order chi connectivity index (χ0) is 27.6. The highest BCUT2D eigenvalue weighted by Crippen LogP contribution is 2.40. The second-order valence-corrected chi connectivity index (χ2v) is 10.8. The van der Waals surface area contributed by atoms with Gasteiger partial charge in [-0.25, -0.2) is 4.39 Å². The normalized spacial score (nSPS) is 18.9. The summed E-state index contributed by atoms with van der Waals surface area (Å²) < 4.78 is 18.0. The number of hydrogen-bond donors (Lipinski definition) is 1. The molecule has 2 unspecified atom stereocenters. The van der Waals surface area contributed by atoms with Crippen molar-refractivity contribution in [3.63, 3.8) is 0 Å². The van der Waals surface area contributed by atoms with E-state index in [0.717, 1.165) is 4.47 Å². The molecule has 38 heavy (non-hydrogen) atoms. The van der Waals surface area contributed by atoms with Crippen LogP contribution in [0.2, 0.25) is 0 Å². The number of aromatic nitrogens is 2. The monoisotopic (exact) mass is 600 g/mol. The Kier molecular flexibility index (Phi) is 8.18. The zero-order valence-corrected chi connectivity index (χ0v) is 23.5. The van der Waals surface area contributed by atoms with Crippen molar-refractivity contribution in [2.24, 2.45) is 0 Å². The first-order valence-corrected chi connectivity index (χ1v) is 13.2. The number of amides is 2. The van der Waals surface area contributed by atoms with Gasteiger partial charge in [-0.15, -0.1) is 0 Å². The molecule has 0 saturated carbocycles. The van der Waals surface area contributed by atoms with E-state index in [1.807, 2.05) is 6.07 Å². The van der Waals surface area contributed by atoms with Crippen molar-refractivity contribution in [3.8, 4) is 0 Å². The van der Waals surface area contributed by atoms with Gasteiger partial charge in [0.25, 0.3) is 0 Å². The molecule has 1 aliphatic rings. The quantitative estimate of drug-likeness (QED) is 0.281. The van der Waals surface area contributed by atoms with Crippen LogP contribution in [0, 0.1) is 0 Å². The molecule has 3 aromatic rings. The number of rotatable bonds is 8. The summed E-state index contributed by atoms with van der Waals surface area (Å²) in [6.07, 6.45) is 4.71. The molecule has 0 saturated heterocycles.